The Balaban J connectivity index is 3.62. The number of hydrogen-bond acceptors (Lipinski definition) is 6. The van der Waals surface area contributed by atoms with Crippen molar-refractivity contribution in [3.63, 3.8) is 0 Å². The Kier molecular flexibility index (Phi) is 9.94. The zero-order valence-electron chi connectivity index (χ0n) is 11.8. The molecule has 0 spiro atoms. The number of ether oxygens (including phenoxy) is 3. The summed E-state index contributed by atoms with van der Waals surface area (Å²) in [5, 5.41) is 2.51. The van der Waals surface area contributed by atoms with E-state index in [1.165, 1.54) is 0 Å². The van der Waals surface area contributed by atoms with Crippen molar-refractivity contribution in [1.82, 2.24) is 5.32 Å². The summed E-state index contributed by atoms with van der Waals surface area (Å²) in [5.74, 6) is -1.34. The van der Waals surface area contributed by atoms with Crippen LogP contribution in [0.2, 0.25) is 0 Å². The molecule has 0 aliphatic heterocycles. The van der Waals surface area contributed by atoms with Crippen LogP contribution in [0.5, 0.6) is 0 Å². The van der Waals surface area contributed by atoms with Gasteiger partial charge in [0.25, 0.3) is 0 Å². The summed E-state index contributed by atoms with van der Waals surface area (Å²) in [5.41, 5.74) is 0. The number of amides is 1. The number of carbonyl (C=O) groups excluding carboxylic acids is 3. The van der Waals surface area contributed by atoms with Crippen molar-refractivity contribution in [3.8, 4) is 0 Å². The monoisotopic (exact) mass is 287 g/mol. The van der Waals surface area contributed by atoms with Crippen LogP contribution in [0.1, 0.15) is 26.7 Å². The van der Waals surface area contributed by atoms with Crippen molar-refractivity contribution in [2.24, 2.45) is 0 Å². The lowest BCUT2D eigenvalue weighted by Crippen LogP contribution is -2.28. The molecule has 1 unspecified atom stereocenters. The van der Waals surface area contributed by atoms with E-state index in [2.05, 4.69) is 16.6 Å². The number of carbonyl (C=O) groups is 3. The molecule has 0 saturated carbocycles. The van der Waals surface area contributed by atoms with Gasteiger partial charge in [0.15, 0.2) is 6.29 Å². The van der Waals surface area contributed by atoms with E-state index in [0.717, 1.165) is 6.08 Å². The molecule has 0 fully saturated rings. The highest BCUT2D eigenvalue weighted by molar-refractivity contribution is 5.82. The van der Waals surface area contributed by atoms with Gasteiger partial charge in [-0.15, -0.1) is 0 Å². The molecule has 0 aromatic carbocycles. The van der Waals surface area contributed by atoms with Crippen LogP contribution >= 0.6 is 0 Å². The van der Waals surface area contributed by atoms with Gasteiger partial charge in [0, 0.05) is 19.2 Å². The molecule has 0 aliphatic carbocycles. The van der Waals surface area contributed by atoms with Crippen LogP contribution in [0.25, 0.3) is 0 Å². The minimum Gasteiger partial charge on any atom is -0.462 e. The van der Waals surface area contributed by atoms with Crippen molar-refractivity contribution in [2.75, 3.05) is 19.8 Å². The fourth-order valence-electron chi connectivity index (χ4n) is 1.21. The molecular weight excluding hydrogens is 266 g/mol. The molecule has 20 heavy (non-hydrogen) atoms. The fraction of sp³-hybridized carbons (Fsp3) is 0.615. The van der Waals surface area contributed by atoms with Crippen LogP contribution < -0.4 is 5.32 Å². The van der Waals surface area contributed by atoms with E-state index in [-0.39, 0.29) is 31.9 Å². The van der Waals surface area contributed by atoms with Gasteiger partial charge in [-0.25, -0.2) is 4.79 Å². The summed E-state index contributed by atoms with van der Waals surface area (Å²) in [6, 6.07) is 0. The molecule has 7 heteroatoms. The van der Waals surface area contributed by atoms with Crippen molar-refractivity contribution in [3.05, 3.63) is 12.7 Å². The third kappa shape index (κ3) is 10.1. The van der Waals surface area contributed by atoms with E-state index in [0.29, 0.717) is 6.61 Å². The molecule has 1 amide bonds. The maximum atomic E-state index is 11.3. The number of esters is 2. The summed E-state index contributed by atoms with van der Waals surface area (Å²) in [7, 11) is 0. The van der Waals surface area contributed by atoms with Crippen LogP contribution in [0.3, 0.4) is 0 Å². The third-order valence-corrected chi connectivity index (χ3v) is 2.09. The second-order valence-corrected chi connectivity index (χ2v) is 3.73. The molecule has 0 radical (unpaired) electrons. The Morgan fingerprint density at radius 1 is 1.30 bits per heavy atom. The highest BCUT2D eigenvalue weighted by atomic mass is 16.7. The summed E-state index contributed by atoms with van der Waals surface area (Å²) < 4.78 is 14.6. The lowest BCUT2D eigenvalue weighted by atomic mass is 10.4. The molecule has 0 aromatic rings. The molecule has 0 aromatic heterocycles. The smallest absolute Gasteiger partial charge is 0.330 e. The average molecular weight is 287 g/mol. The van der Waals surface area contributed by atoms with Crippen LogP contribution in [0, 0.1) is 0 Å². The topological polar surface area (TPSA) is 90.9 Å². The van der Waals surface area contributed by atoms with E-state index in [9.17, 15) is 14.4 Å². The van der Waals surface area contributed by atoms with Crippen molar-refractivity contribution in [1.29, 1.82) is 0 Å². The second kappa shape index (κ2) is 11.0. The molecule has 7 nitrogen and oxygen atoms in total. The van der Waals surface area contributed by atoms with Gasteiger partial charge in [0.1, 0.15) is 6.61 Å². The lowest BCUT2D eigenvalue weighted by Gasteiger charge is -2.12. The molecule has 114 valence electrons. The molecule has 0 bridgehead atoms. The maximum absolute atomic E-state index is 11.3. The standard InChI is InChI=1S/C13H21NO6/c1-4-12(16)19-9-7-11(15)14-8-6-13(17)20-10(3)18-5-2/h4,10H,1,5-9H2,2-3H3,(H,14,15). The molecule has 1 N–H and O–H groups in total. The molecule has 0 heterocycles. The van der Waals surface area contributed by atoms with Crippen molar-refractivity contribution < 1.29 is 28.6 Å². The van der Waals surface area contributed by atoms with E-state index in [1.54, 1.807) is 13.8 Å². The fourth-order valence-corrected chi connectivity index (χ4v) is 1.21. The Morgan fingerprint density at radius 3 is 2.60 bits per heavy atom. The highest BCUT2D eigenvalue weighted by Gasteiger charge is 2.09. The first-order valence-electron chi connectivity index (χ1n) is 6.36. The summed E-state index contributed by atoms with van der Waals surface area (Å²) in [4.78, 5) is 33.3. The van der Waals surface area contributed by atoms with Crippen molar-refractivity contribution in [2.45, 2.75) is 33.0 Å². The van der Waals surface area contributed by atoms with E-state index < -0.39 is 18.2 Å². The minimum atomic E-state index is -0.596. The number of rotatable bonds is 10. The summed E-state index contributed by atoms with van der Waals surface area (Å²) in [6.07, 6.45) is 0.508. The number of hydrogen-bond donors (Lipinski definition) is 1. The summed E-state index contributed by atoms with van der Waals surface area (Å²) >= 11 is 0. The van der Waals surface area contributed by atoms with Gasteiger partial charge >= 0.3 is 11.9 Å². The maximum Gasteiger partial charge on any atom is 0.330 e. The zero-order valence-corrected chi connectivity index (χ0v) is 11.8. The SMILES string of the molecule is C=CC(=O)OCCC(=O)NCCC(=O)OC(C)OCC. The van der Waals surface area contributed by atoms with Crippen LogP contribution in [0.15, 0.2) is 12.7 Å². The quantitative estimate of drug-likeness (QED) is 0.358. The zero-order chi connectivity index (χ0) is 15.4. The first-order chi connectivity index (χ1) is 9.49. The number of nitrogens with one attached hydrogen (secondary N) is 1. The Bertz CT molecular complexity index is 342. The van der Waals surface area contributed by atoms with Crippen LogP contribution in [-0.4, -0.2) is 43.9 Å². The summed E-state index contributed by atoms with van der Waals surface area (Å²) in [6.45, 7) is 7.23. The second-order valence-electron chi connectivity index (χ2n) is 3.73. The average Bonchev–Trinajstić information content (AvgIpc) is 2.38. The largest absolute Gasteiger partial charge is 0.462 e. The van der Waals surface area contributed by atoms with Crippen LogP contribution in [-0.2, 0) is 28.6 Å². The normalized spacial score (nSPS) is 11.3. The third-order valence-electron chi connectivity index (χ3n) is 2.09. The molecular formula is C13H21NO6. The molecule has 0 saturated heterocycles. The predicted octanol–water partition coefficient (Wildman–Crippen LogP) is 0.538. The van der Waals surface area contributed by atoms with Gasteiger partial charge < -0.3 is 19.5 Å². The van der Waals surface area contributed by atoms with Gasteiger partial charge in [-0.1, -0.05) is 6.58 Å². The van der Waals surface area contributed by atoms with E-state index in [4.69, 9.17) is 9.47 Å². The Morgan fingerprint density at radius 2 is 2.00 bits per heavy atom. The lowest BCUT2D eigenvalue weighted by molar-refractivity contribution is -0.173. The van der Waals surface area contributed by atoms with Crippen LogP contribution in [0.4, 0.5) is 0 Å². The highest BCUT2D eigenvalue weighted by Crippen LogP contribution is 1.96. The molecule has 0 aliphatic rings. The predicted molar refractivity (Wildman–Crippen MR) is 70.6 cm³/mol. The van der Waals surface area contributed by atoms with Gasteiger partial charge in [-0.2, -0.15) is 0 Å². The Labute approximate surface area is 118 Å². The first-order valence-corrected chi connectivity index (χ1v) is 6.36. The van der Waals surface area contributed by atoms with E-state index >= 15 is 0 Å². The molecule has 1 atom stereocenters. The Hall–Kier alpha value is -1.89. The molecule has 0 rings (SSSR count). The van der Waals surface area contributed by atoms with Gasteiger partial charge in [-0.05, 0) is 13.8 Å². The van der Waals surface area contributed by atoms with Gasteiger partial charge in [0.05, 0.1) is 12.8 Å². The first kappa shape index (κ1) is 18.1. The van der Waals surface area contributed by atoms with Gasteiger partial charge in [-0.3, -0.25) is 9.59 Å². The minimum absolute atomic E-state index is 0.0253. The van der Waals surface area contributed by atoms with E-state index in [1.807, 2.05) is 0 Å². The van der Waals surface area contributed by atoms with Gasteiger partial charge in [0.2, 0.25) is 5.91 Å². The van der Waals surface area contributed by atoms with Crippen molar-refractivity contribution >= 4 is 17.8 Å².